The lowest BCUT2D eigenvalue weighted by atomic mass is 10.2. The zero-order chi connectivity index (χ0) is 10.6. The van der Waals surface area contributed by atoms with E-state index in [1.807, 2.05) is 0 Å². The Bertz CT molecular complexity index is 429. The first-order chi connectivity index (χ1) is 6.57. The molecule has 1 aromatic carbocycles. The van der Waals surface area contributed by atoms with E-state index in [4.69, 9.17) is 0 Å². The second-order valence-corrected chi connectivity index (χ2v) is 4.00. The molecular weight excluding hydrogens is 200 g/mol. The van der Waals surface area contributed by atoms with Crippen LogP contribution in [0.15, 0.2) is 42.8 Å². The van der Waals surface area contributed by atoms with Crippen LogP contribution >= 0.6 is 0 Å². The van der Waals surface area contributed by atoms with E-state index >= 15 is 0 Å². The van der Waals surface area contributed by atoms with Crippen LogP contribution in [-0.2, 0) is 10.1 Å². The van der Waals surface area contributed by atoms with Crippen molar-refractivity contribution in [2.75, 3.05) is 0 Å². The van der Waals surface area contributed by atoms with E-state index in [1.165, 1.54) is 0 Å². The molecule has 0 N–H and O–H groups in total. The van der Waals surface area contributed by atoms with Crippen LogP contribution in [0.2, 0.25) is 0 Å². The Hall–Kier alpha value is -1.55. The normalized spacial score (nSPS) is 10.6. The Morgan fingerprint density at radius 3 is 2.14 bits per heavy atom. The van der Waals surface area contributed by atoms with E-state index in [-0.39, 0.29) is 5.75 Å². The average Bonchev–Trinajstić information content (AvgIpc) is 2.19. The van der Waals surface area contributed by atoms with Gasteiger partial charge in [-0.1, -0.05) is 31.4 Å². The van der Waals surface area contributed by atoms with E-state index < -0.39 is 10.1 Å². The van der Waals surface area contributed by atoms with Gasteiger partial charge in [0, 0.05) is 0 Å². The van der Waals surface area contributed by atoms with E-state index in [1.54, 1.807) is 30.3 Å². The molecule has 74 valence electrons. The maximum atomic E-state index is 11.0. The summed E-state index contributed by atoms with van der Waals surface area (Å²) in [6, 6.07) is 6.53. The minimum Gasteiger partial charge on any atom is -0.379 e. The van der Waals surface area contributed by atoms with Crippen LogP contribution in [0.3, 0.4) is 0 Å². The van der Waals surface area contributed by atoms with Gasteiger partial charge in [-0.3, -0.25) is 0 Å². The van der Waals surface area contributed by atoms with Crippen molar-refractivity contribution in [1.29, 1.82) is 0 Å². The summed E-state index contributed by atoms with van der Waals surface area (Å²) in [5.74, 6) is 0.260. The first kappa shape index (κ1) is 10.5. The van der Waals surface area contributed by atoms with Crippen molar-refractivity contribution in [1.82, 2.24) is 0 Å². The Morgan fingerprint density at radius 2 is 1.71 bits per heavy atom. The summed E-state index contributed by atoms with van der Waals surface area (Å²) in [5.41, 5.74) is 0.897. The highest BCUT2D eigenvalue weighted by Crippen LogP contribution is 2.15. The van der Waals surface area contributed by atoms with Crippen LogP contribution in [-0.4, -0.2) is 8.42 Å². The fourth-order valence-electron chi connectivity index (χ4n) is 0.828. The third kappa shape index (κ3) is 2.74. The molecule has 0 aromatic heterocycles. The summed E-state index contributed by atoms with van der Waals surface area (Å²) < 4.78 is 26.6. The number of hydrogen-bond donors (Lipinski definition) is 0. The SMILES string of the molecule is C=Cc1ccc(OS(=O)(=O)C=C)cc1. The summed E-state index contributed by atoms with van der Waals surface area (Å²) in [5, 5.41) is 0.758. The van der Waals surface area contributed by atoms with Crippen LogP contribution in [0.5, 0.6) is 5.75 Å². The topological polar surface area (TPSA) is 43.4 Å². The second kappa shape index (κ2) is 4.11. The van der Waals surface area contributed by atoms with E-state index in [0.717, 1.165) is 11.0 Å². The van der Waals surface area contributed by atoms with Gasteiger partial charge in [0.05, 0.1) is 5.41 Å². The molecule has 1 aromatic rings. The Labute approximate surface area is 83.5 Å². The average molecular weight is 210 g/mol. The highest BCUT2D eigenvalue weighted by molar-refractivity contribution is 7.90. The lowest BCUT2D eigenvalue weighted by Gasteiger charge is -2.02. The monoisotopic (exact) mass is 210 g/mol. The molecule has 4 heteroatoms. The smallest absolute Gasteiger partial charge is 0.331 e. The summed E-state index contributed by atoms with van der Waals surface area (Å²) in [7, 11) is -3.65. The Morgan fingerprint density at radius 1 is 1.14 bits per heavy atom. The van der Waals surface area contributed by atoms with Crippen molar-refractivity contribution in [2.45, 2.75) is 0 Å². The molecule has 0 unspecified atom stereocenters. The van der Waals surface area contributed by atoms with Crippen LogP contribution in [0.1, 0.15) is 5.56 Å². The first-order valence-corrected chi connectivity index (χ1v) is 5.34. The van der Waals surface area contributed by atoms with Crippen LogP contribution in [0.25, 0.3) is 6.08 Å². The summed E-state index contributed by atoms with van der Waals surface area (Å²) in [6.07, 6.45) is 1.66. The van der Waals surface area contributed by atoms with Crippen molar-refractivity contribution >= 4 is 16.2 Å². The van der Waals surface area contributed by atoms with Crippen molar-refractivity contribution < 1.29 is 12.6 Å². The van der Waals surface area contributed by atoms with Crippen LogP contribution in [0, 0.1) is 0 Å². The van der Waals surface area contributed by atoms with Gasteiger partial charge in [0.2, 0.25) is 0 Å². The molecule has 0 atom stereocenters. The van der Waals surface area contributed by atoms with Crippen molar-refractivity contribution in [3.63, 3.8) is 0 Å². The largest absolute Gasteiger partial charge is 0.379 e. The van der Waals surface area contributed by atoms with Crippen molar-refractivity contribution in [2.24, 2.45) is 0 Å². The Kier molecular flexibility index (Phi) is 3.09. The molecule has 0 fully saturated rings. The quantitative estimate of drug-likeness (QED) is 0.715. The van der Waals surface area contributed by atoms with E-state index in [2.05, 4.69) is 17.3 Å². The highest BCUT2D eigenvalue weighted by atomic mass is 32.2. The molecule has 0 saturated heterocycles. The molecule has 0 spiro atoms. The first-order valence-electron chi connectivity index (χ1n) is 3.87. The second-order valence-electron chi connectivity index (χ2n) is 2.52. The zero-order valence-electron chi connectivity index (χ0n) is 7.51. The summed E-state index contributed by atoms with van der Waals surface area (Å²) in [6.45, 7) is 6.71. The molecule has 14 heavy (non-hydrogen) atoms. The van der Waals surface area contributed by atoms with Crippen LogP contribution in [0.4, 0.5) is 0 Å². The maximum Gasteiger partial charge on any atom is 0.331 e. The molecule has 0 heterocycles. The minimum atomic E-state index is -3.65. The van der Waals surface area contributed by atoms with Gasteiger partial charge in [-0.05, 0) is 17.7 Å². The van der Waals surface area contributed by atoms with Gasteiger partial charge < -0.3 is 4.18 Å². The highest BCUT2D eigenvalue weighted by Gasteiger charge is 2.05. The molecule has 0 bridgehead atoms. The van der Waals surface area contributed by atoms with Gasteiger partial charge in [-0.25, -0.2) is 0 Å². The molecule has 0 amide bonds. The predicted octanol–water partition coefficient (Wildman–Crippen LogP) is 2.18. The number of benzene rings is 1. The van der Waals surface area contributed by atoms with Crippen LogP contribution < -0.4 is 4.18 Å². The molecule has 3 nitrogen and oxygen atoms in total. The molecule has 0 saturated carbocycles. The van der Waals surface area contributed by atoms with Gasteiger partial charge in [-0.2, -0.15) is 8.42 Å². The third-order valence-corrected chi connectivity index (χ3v) is 2.37. The zero-order valence-corrected chi connectivity index (χ0v) is 8.33. The van der Waals surface area contributed by atoms with E-state index in [9.17, 15) is 8.42 Å². The standard InChI is InChI=1S/C10H10O3S/c1-3-9-5-7-10(8-6-9)13-14(11,12)4-2/h3-8H,1-2H2. The maximum absolute atomic E-state index is 11.0. The Balaban J connectivity index is 2.89. The van der Waals surface area contributed by atoms with E-state index in [0.29, 0.717) is 0 Å². The molecule has 0 radical (unpaired) electrons. The molecule has 0 aliphatic rings. The minimum absolute atomic E-state index is 0.260. The van der Waals surface area contributed by atoms with Gasteiger partial charge in [-0.15, -0.1) is 0 Å². The third-order valence-electron chi connectivity index (χ3n) is 1.53. The lowest BCUT2D eigenvalue weighted by Crippen LogP contribution is -2.04. The molecular formula is C10H10O3S. The fourth-order valence-corrected chi connectivity index (χ4v) is 1.28. The summed E-state index contributed by atoms with van der Waals surface area (Å²) >= 11 is 0. The lowest BCUT2D eigenvalue weighted by molar-refractivity contribution is 0.497. The molecule has 0 aliphatic heterocycles. The number of rotatable bonds is 4. The van der Waals surface area contributed by atoms with Gasteiger partial charge in [0.25, 0.3) is 0 Å². The van der Waals surface area contributed by atoms with Gasteiger partial charge >= 0.3 is 10.1 Å². The van der Waals surface area contributed by atoms with Crippen molar-refractivity contribution in [3.05, 3.63) is 48.4 Å². The molecule has 1 rings (SSSR count). The van der Waals surface area contributed by atoms with Gasteiger partial charge in [0.1, 0.15) is 5.75 Å². The predicted molar refractivity (Wildman–Crippen MR) is 56.3 cm³/mol. The van der Waals surface area contributed by atoms with Gasteiger partial charge in [0.15, 0.2) is 0 Å². The number of hydrogen-bond acceptors (Lipinski definition) is 3. The molecule has 0 aliphatic carbocycles. The van der Waals surface area contributed by atoms with Crippen molar-refractivity contribution in [3.8, 4) is 5.75 Å². The summed E-state index contributed by atoms with van der Waals surface area (Å²) in [4.78, 5) is 0. The fraction of sp³-hybridized carbons (Fsp3) is 0.